The smallest absolute Gasteiger partial charge is 0.316 e. The molecule has 2 aliphatic heterocycles. The van der Waals surface area contributed by atoms with Gasteiger partial charge in [0.1, 0.15) is 0 Å². The molecule has 1 N–H and O–H groups in total. The largest absolute Gasteiger partial charge is 0.418 e. The van der Waals surface area contributed by atoms with Crippen molar-refractivity contribution in [2.75, 3.05) is 6.54 Å². The fraction of sp³-hybridized carbons (Fsp3) is 0.727. The minimum Gasteiger partial charge on any atom is -0.316 e. The van der Waals surface area contributed by atoms with Crippen molar-refractivity contribution in [2.45, 2.75) is 44.8 Å². The third kappa shape index (κ3) is 2.91. The fourth-order valence-electron chi connectivity index (χ4n) is 2.91. The number of carbonyl (C=O) groups excluding carboxylic acids is 1. The number of fused-ring (bicyclic) bond motifs is 2. The molecule has 1 aromatic heterocycles. The lowest BCUT2D eigenvalue weighted by Gasteiger charge is -2.29. The van der Waals surface area contributed by atoms with E-state index in [4.69, 9.17) is 4.55 Å². The summed E-state index contributed by atoms with van der Waals surface area (Å²) in [6, 6.07) is -1.03. The molecule has 0 aliphatic carbocycles. The fourth-order valence-corrected chi connectivity index (χ4v) is 3.29. The number of hydrogen-bond donors (Lipinski definition) is 1. The molecule has 10 nitrogen and oxygen atoms in total. The molecule has 2 aliphatic rings. The van der Waals surface area contributed by atoms with Crippen molar-refractivity contribution in [3.8, 4) is 0 Å². The average Bonchev–Trinajstić information content (AvgIpc) is 2.99. The van der Waals surface area contributed by atoms with Crippen molar-refractivity contribution in [1.29, 1.82) is 0 Å². The highest BCUT2D eigenvalue weighted by molar-refractivity contribution is 7.80. The van der Waals surface area contributed by atoms with Crippen molar-refractivity contribution in [3.63, 3.8) is 0 Å². The van der Waals surface area contributed by atoms with Crippen LogP contribution in [0.3, 0.4) is 0 Å². The van der Waals surface area contributed by atoms with Crippen LogP contribution >= 0.6 is 0 Å². The Kier molecular flexibility index (Phi) is 3.78. The molecule has 0 aromatic carbocycles. The lowest BCUT2D eigenvalue weighted by molar-refractivity contribution is -0.0317. The maximum absolute atomic E-state index is 12.2. The van der Waals surface area contributed by atoms with E-state index in [1.165, 1.54) is 0 Å². The van der Waals surface area contributed by atoms with Gasteiger partial charge in [-0.25, -0.2) is 4.79 Å². The van der Waals surface area contributed by atoms with Crippen LogP contribution in [0.2, 0.25) is 0 Å². The summed E-state index contributed by atoms with van der Waals surface area (Å²) >= 11 is 0. The Labute approximate surface area is 127 Å². The Morgan fingerprint density at radius 3 is 2.86 bits per heavy atom. The van der Waals surface area contributed by atoms with Gasteiger partial charge in [-0.15, -0.1) is 9.38 Å². The number of rotatable bonds is 5. The zero-order chi connectivity index (χ0) is 15.9. The van der Waals surface area contributed by atoms with Gasteiger partial charge in [0.2, 0.25) is 0 Å². The number of aryl methyl sites for hydroxylation is 1. The molecule has 2 unspecified atom stereocenters. The van der Waals surface area contributed by atoms with Gasteiger partial charge in [-0.2, -0.15) is 13.5 Å². The first-order chi connectivity index (χ1) is 10.4. The van der Waals surface area contributed by atoms with Crippen LogP contribution in [-0.2, 0) is 27.6 Å². The lowest BCUT2D eigenvalue weighted by Crippen LogP contribution is -2.42. The molecule has 2 saturated heterocycles. The molecule has 122 valence electrons. The molecule has 2 amide bonds. The van der Waals surface area contributed by atoms with Gasteiger partial charge in [0.15, 0.2) is 0 Å². The lowest BCUT2D eigenvalue weighted by atomic mass is 10.0. The van der Waals surface area contributed by atoms with Crippen molar-refractivity contribution < 1.29 is 22.0 Å². The molecule has 0 spiro atoms. The predicted molar refractivity (Wildman–Crippen MR) is 72.8 cm³/mol. The molecule has 3 heterocycles. The molecule has 2 fully saturated rings. The van der Waals surface area contributed by atoms with Gasteiger partial charge in [-0.3, -0.25) is 9.23 Å². The predicted octanol–water partition coefficient (Wildman–Crippen LogP) is -0.156. The van der Waals surface area contributed by atoms with Crippen LogP contribution < -0.4 is 0 Å². The van der Waals surface area contributed by atoms with E-state index in [9.17, 15) is 13.2 Å². The number of aromatic nitrogens is 3. The first-order valence-corrected chi connectivity index (χ1v) is 8.39. The summed E-state index contributed by atoms with van der Waals surface area (Å²) in [5, 5.41) is 8.77. The Morgan fingerprint density at radius 1 is 1.45 bits per heavy atom. The molecule has 11 heteroatoms. The Hall–Kier alpha value is -1.72. The monoisotopic (exact) mass is 331 g/mol. The van der Waals surface area contributed by atoms with Gasteiger partial charge in [0, 0.05) is 12.7 Å². The van der Waals surface area contributed by atoms with Crippen molar-refractivity contribution >= 4 is 16.4 Å². The Bertz CT molecular complexity index is 674. The number of piperidine rings is 1. The van der Waals surface area contributed by atoms with Crippen LogP contribution in [0.25, 0.3) is 0 Å². The van der Waals surface area contributed by atoms with Gasteiger partial charge in [0.25, 0.3) is 0 Å². The second-order valence-corrected chi connectivity index (χ2v) is 6.44. The molecule has 22 heavy (non-hydrogen) atoms. The van der Waals surface area contributed by atoms with Crippen LogP contribution in [0.4, 0.5) is 4.79 Å². The highest BCUT2D eigenvalue weighted by Gasteiger charge is 2.47. The van der Waals surface area contributed by atoms with Crippen molar-refractivity contribution in [1.82, 2.24) is 25.0 Å². The summed E-state index contributed by atoms with van der Waals surface area (Å²) in [6.45, 7) is 2.84. The van der Waals surface area contributed by atoms with Crippen LogP contribution in [0.1, 0.15) is 25.5 Å². The van der Waals surface area contributed by atoms with E-state index in [1.807, 2.05) is 13.1 Å². The molecule has 2 bridgehead atoms. The van der Waals surface area contributed by atoms with Gasteiger partial charge < -0.3 is 4.90 Å². The number of nitrogens with zero attached hydrogens (tertiary/aromatic N) is 5. The second-order valence-electron chi connectivity index (χ2n) is 5.43. The summed E-state index contributed by atoms with van der Waals surface area (Å²) in [5.74, 6) is 0. The van der Waals surface area contributed by atoms with E-state index in [0.717, 1.165) is 17.2 Å². The van der Waals surface area contributed by atoms with E-state index in [2.05, 4.69) is 14.6 Å². The van der Waals surface area contributed by atoms with Crippen LogP contribution in [0.15, 0.2) is 6.20 Å². The Morgan fingerprint density at radius 2 is 2.23 bits per heavy atom. The summed E-state index contributed by atoms with van der Waals surface area (Å²) in [7, 11) is -4.70. The zero-order valence-electron chi connectivity index (χ0n) is 12.0. The summed E-state index contributed by atoms with van der Waals surface area (Å²) in [4.78, 5) is 13.8. The van der Waals surface area contributed by atoms with E-state index >= 15 is 0 Å². The molecule has 2 atom stereocenters. The van der Waals surface area contributed by atoms with E-state index < -0.39 is 16.4 Å². The molecular weight excluding hydrogens is 314 g/mol. The number of hydrogen-bond acceptors (Lipinski definition) is 6. The number of carbonyl (C=O) groups is 1. The standard InChI is InChI=1S/C11H17N5O5S/c1-2-8-5-14(13-12-8)6-9-3-4-10-7-15(9)11(17)16(10)21-22(18,19)20/h5,9-10H,2-4,6-7H2,1H3,(H,18,19,20). The molecular formula is C11H17N5O5S. The van der Waals surface area contributed by atoms with Gasteiger partial charge in [0.05, 0.1) is 24.3 Å². The van der Waals surface area contributed by atoms with Crippen molar-refractivity contribution in [2.24, 2.45) is 0 Å². The van der Waals surface area contributed by atoms with Crippen LogP contribution in [0.5, 0.6) is 0 Å². The summed E-state index contributed by atoms with van der Waals surface area (Å²) in [6.07, 6.45) is 3.91. The highest BCUT2D eigenvalue weighted by Crippen LogP contribution is 2.31. The zero-order valence-corrected chi connectivity index (χ0v) is 12.8. The molecule has 0 radical (unpaired) electrons. The first kappa shape index (κ1) is 15.2. The molecule has 3 rings (SSSR count). The van der Waals surface area contributed by atoms with E-state index in [1.54, 1.807) is 9.58 Å². The Balaban J connectivity index is 1.71. The first-order valence-electron chi connectivity index (χ1n) is 7.03. The van der Waals surface area contributed by atoms with E-state index in [0.29, 0.717) is 25.9 Å². The summed E-state index contributed by atoms with van der Waals surface area (Å²) < 4.78 is 36.5. The highest BCUT2D eigenvalue weighted by atomic mass is 32.3. The minimum absolute atomic E-state index is 0.106. The number of urea groups is 1. The maximum atomic E-state index is 12.2. The van der Waals surface area contributed by atoms with E-state index in [-0.39, 0.29) is 12.1 Å². The second kappa shape index (κ2) is 5.48. The van der Waals surface area contributed by atoms with Gasteiger partial charge in [-0.05, 0) is 19.3 Å². The average molecular weight is 331 g/mol. The topological polar surface area (TPSA) is 118 Å². The van der Waals surface area contributed by atoms with Crippen LogP contribution in [0, 0.1) is 0 Å². The van der Waals surface area contributed by atoms with Gasteiger partial charge >= 0.3 is 16.4 Å². The van der Waals surface area contributed by atoms with Crippen molar-refractivity contribution in [3.05, 3.63) is 11.9 Å². The molecule has 1 aromatic rings. The third-order valence-electron chi connectivity index (χ3n) is 3.97. The SMILES string of the molecule is CCc1cn(CC2CCC3CN2C(=O)N3OS(=O)(=O)O)nn1. The number of hydroxylamine groups is 2. The quantitative estimate of drug-likeness (QED) is 0.745. The van der Waals surface area contributed by atoms with Gasteiger partial charge in [-0.1, -0.05) is 12.1 Å². The molecule has 0 saturated carbocycles. The minimum atomic E-state index is -4.70. The third-order valence-corrected chi connectivity index (χ3v) is 4.32. The number of amides is 2. The maximum Gasteiger partial charge on any atom is 0.418 e. The van der Waals surface area contributed by atoms with Crippen LogP contribution in [-0.4, -0.2) is 62.6 Å². The normalized spacial score (nSPS) is 25.1. The summed E-state index contributed by atoms with van der Waals surface area (Å²) in [5.41, 5.74) is 0.873.